The minimum Gasteiger partial charge on any atom is -0.309 e. The Hall–Kier alpha value is -8.28. The molecule has 0 saturated carbocycles. The molecule has 0 radical (unpaired) electrons. The molecule has 8 aromatic carbocycles. The molecule has 5 heteroatoms. The van der Waals surface area contributed by atoms with E-state index in [-0.39, 0.29) is 0 Å². The van der Waals surface area contributed by atoms with Gasteiger partial charge in [0.25, 0.3) is 0 Å². The molecule has 0 fully saturated rings. The van der Waals surface area contributed by atoms with E-state index in [4.69, 9.17) is 15.0 Å². The molecule has 61 heavy (non-hydrogen) atoms. The van der Waals surface area contributed by atoms with Gasteiger partial charge in [-0.3, -0.25) is 0 Å². The van der Waals surface area contributed by atoms with Gasteiger partial charge in [-0.1, -0.05) is 194 Å². The summed E-state index contributed by atoms with van der Waals surface area (Å²) >= 11 is 0. The number of hydrogen-bond acceptors (Lipinski definition) is 4. The monoisotopic (exact) mass is 779 g/mol. The van der Waals surface area contributed by atoms with Crippen LogP contribution in [0.1, 0.15) is 0 Å². The van der Waals surface area contributed by atoms with Crippen molar-refractivity contribution in [3.63, 3.8) is 0 Å². The largest absolute Gasteiger partial charge is 0.309 e. The predicted molar refractivity (Wildman–Crippen MR) is 250 cm³/mol. The third-order valence-corrected chi connectivity index (χ3v) is 11.4. The Kier molecular flexibility index (Phi) is 9.10. The first kappa shape index (κ1) is 35.8. The molecule has 0 N–H and O–H groups in total. The van der Waals surface area contributed by atoms with Crippen molar-refractivity contribution in [3.8, 4) is 84.4 Å². The number of aromatic nitrogens is 5. The zero-order valence-corrected chi connectivity index (χ0v) is 33.1. The second-order valence-electron chi connectivity index (χ2n) is 15.0. The molecule has 0 amide bonds. The SMILES string of the molecule is c1ccc(-c2nc(-c3ccccc3)c(-c3ccccc3)c(-c3ccc(-c4ncnc(-c5cccc(-n6c7ccccc7c7ccccc76)c5)n4)cc3)c2-c2ccccc2)cc1. The van der Waals surface area contributed by atoms with Crippen molar-refractivity contribution in [2.75, 3.05) is 0 Å². The Balaban J connectivity index is 1.06. The number of rotatable bonds is 8. The minimum atomic E-state index is 0.607. The first-order valence-electron chi connectivity index (χ1n) is 20.5. The maximum absolute atomic E-state index is 5.58. The maximum Gasteiger partial charge on any atom is 0.163 e. The Morgan fingerprint density at radius 3 is 1.23 bits per heavy atom. The first-order chi connectivity index (χ1) is 30.3. The van der Waals surface area contributed by atoms with Crippen LogP contribution in [0.2, 0.25) is 0 Å². The van der Waals surface area contributed by atoms with Crippen LogP contribution < -0.4 is 0 Å². The highest BCUT2D eigenvalue weighted by atomic mass is 15.0. The number of benzene rings is 8. The number of para-hydroxylation sites is 2. The van der Waals surface area contributed by atoms with Crippen LogP contribution in [0, 0.1) is 0 Å². The molecule has 0 unspecified atom stereocenters. The summed E-state index contributed by atoms with van der Waals surface area (Å²) in [5.74, 6) is 1.22. The average Bonchev–Trinajstić information content (AvgIpc) is 3.69. The fourth-order valence-corrected chi connectivity index (χ4v) is 8.60. The molecule has 0 atom stereocenters. The van der Waals surface area contributed by atoms with Gasteiger partial charge >= 0.3 is 0 Å². The number of nitrogens with zero attached hydrogens (tertiary/aromatic N) is 5. The topological polar surface area (TPSA) is 56.5 Å². The summed E-state index contributed by atoms with van der Waals surface area (Å²) < 4.78 is 2.31. The van der Waals surface area contributed by atoms with Crippen LogP contribution in [0.4, 0.5) is 0 Å². The maximum atomic E-state index is 5.58. The van der Waals surface area contributed by atoms with Crippen molar-refractivity contribution in [2.45, 2.75) is 0 Å². The third kappa shape index (κ3) is 6.55. The molecular formula is C56H37N5. The molecule has 0 bridgehead atoms. The van der Waals surface area contributed by atoms with Crippen LogP contribution >= 0.6 is 0 Å². The zero-order chi connectivity index (χ0) is 40.5. The second kappa shape index (κ2) is 15.5. The van der Waals surface area contributed by atoms with Crippen molar-refractivity contribution in [3.05, 3.63) is 225 Å². The van der Waals surface area contributed by atoms with E-state index >= 15 is 0 Å². The first-order valence-corrected chi connectivity index (χ1v) is 20.5. The molecule has 3 heterocycles. The molecule has 3 aromatic heterocycles. The lowest BCUT2D eigenvalue weighted by atomic mass is 9.83. The van der Waals surface area contributed by atoms with Gasteiger partial charge in [-0.15, -0.1) is 0 Å². The highest BCUT2D eigenvalue weighted by Crippen LogP contribution is 2.48. The van der Waals surface area contributed by atoms with Crippen LogP contribution in [0.3, 0.4) is 0 Å². The number of pyridine rings is 1. The average molecular weight is 780 g/mol. The highest BCUT2D eigenvalue weighted by molar-refractivity contribution is 6.09. The van der Waals surface area contributed by atoms with E-state index < -0.39 is 0 Å². The Bertz CT molecular complexity index is 3170. The van der Waals surface area contributed by atoms with E-state index in [1.165, 1.54) is 10.8 Å². The number of hydrogen-bond donors (Lipinski definition) is 0. The molecule has 5 nitrogen and oxygen atoms in total. The van der Waals surface area contributed by atoms with E-state index in [2.05, 4.69) is 228 Å². The van der Waals surface area contributed by atoms with Crippen molar-refractivity contribution in [1.29, 1.82) is 0 Å². The summed E-state index contributed by atoms with van der Waals surface area (Å²) in [5, 5.41) is 2.45. The Labute approximate surface area is 354 Å². The standard InChI is InChI=1S/C56H37N5/c1-5-18-38(19-6-1)51-50(52(39-20-7-2-8-21-39)54(42-24-11-4-12-25-42)59-53(51)41-22-9-3-10-23-41)40-32-34-43(35-33-40)55-57-37-58-56(60-55)44-26-17-27-45(36-44)61-48-30-15-13-28-46(48)47-29-14-16-31-49(47)61/h1-37H. The van der Waals surface area contributed by atoms with Crippen LogP contribution in [0.25, 0.3) is 106 Å². The summed E-state index contributed by atoms with van der Waals surface area (Å²) in [6, 6.07) is 76.4. The van der Waals surface area contributed by atoms with E-state index in [9.17, 15) is 0 Å². The van der Waals surface area contributed by atoms with Crippen molar-refractivity contribution in [1.82, 2.24) is 24.5 Å². The van der Waals surface area contributed by atoms with E-state index in [1.54, 1.807) is 6.33 Å². The molecule has 11 rings (SSSR count). The van der Waals surface area contributed by atoms with Gasteiger partial charge in [-0.2, -0.15) is 0 Å². The quantitative estimate of drug-likeness (QED) is 0.154. The third-order valence-electron chi connectivity index (χ3n) is 11.4. The zero-order valence-electron chi connectivity index (χ0n) is 33.1. The van der Waals surface area contributed by atoms with Crippen LogP contribution in [0.5, 0.6) is 0 Å². The molecule has 286 valence electrons. The van der Waals surface area contributed by atoms with Gasteiger partial charge in [-0.05, 0) is 41.0 Å². The van der Waals surface area contributed by atoms with Gasteiger partial charge in [0.2, 0.25) is 0 Å². The summed E-state index contributed by atoms with van der Waals surface area (Å²) in [6.45, 7) is 0. The molecule has 0 aliphatic rings. The van der Waals surface area contributed by atoms with Crippen LogP contribution in [-0.2, 0) is 0 Å². The Morgan fingerprint density at radius 2 is 0.705 bits per heavy atom. The fraction of sp³-hybridized carbons (Fsp3) is 0. The lowest BCUT2D eigenvalue weighted by molar-refractivity contribution is 1.06. The van der Waals surface area contributed by atoms with Gasteiger partial charge in [0.1, 0.15) is 6.33 Å². The second-order valence-corrected chi connectivity index (χ2v) is 15.0. The smallest absolute Gasteiger partial charge is 0.163 e. The van der Waals surface area contributed by atoms with Gasteiger partial charge < -0.3 is 4.57 Å². The summed E-state index contributed by atoms with van der Waals surface area (Å²) in [5.41, 5.74) is 15.6. The fourth-order valence-electron chi connectivity index (χ4n) is 8.60. The van der Waals surface area contributed by atoms with Gasteiger partial charge in [0.05, 0.1) is 22.4 Å². The normalized spacial score (nSPS) is 11.3. The van der Waals surface area contributed by atoms with E-state index in [1.807, 2.05) is 0 Å². The van der Waals surface area contributed by atoms with Crippen molar-refractivity contribution in [2.24, 2.45) is 0 Å². The number of fused-ring (bicyclic) bond motifs is 3. The summed E-state index contributed by atoms with van der Waals surface area (Å²) in [6.07, 6.45) is 1.61. The van der Waals surface area contributed by atoms with Gasteiger partial charge in [0, 0.05) is 55.4 Å². The lowest BCUT2D eigenvalue weighted by Gasteiger charge is -2.23. The molecular weight excluding hydrogens is 743 g/mol. The molecule has 0 saturated heterocycles. The minimum absolute atomic E-state index is 0.607. The molecule has 0 aliphatic heterocycles. The predicted octanol–water partition coefficient (Wildman–Crippen LogP) is 14.0. The summed E-state index contributed by atoms with van der Waals surface area (Å²) in [7, 11) is 0. The van der Waals surface area contributed by atoms with E-state index in [0.717, 1.165) is 83.7 Å². The van der Waals surface area contributed by atoms with Crippen LogP contribution in [0.15, 0.2) is 225 Å². The molecule has 11 aromatic rings. The Morgan fingerprint density at radius 1 is 0.295 bits per heavy atom. The molecule has 0 spiro atoms. The van der Waals surface area contributed by atoms with Gasteiger partial charge in [-0.25, -0.2) is 19.9 Å². The van der Waals surface area contributed by atoms with Gasteiger partial charge in [0.15, 0.2) is 11.6 Å². The van der Waals surface area contributed by atoms with E-state index in [0.29, 0.717) is 11.6 Å². The van der Waals surface area contributed by atoms with Crippen molar-refractivity contribution < 1.29 is 0 Å². The lowest BCUT2D eigenvalue weighted by Crippen LogP contribution is -2.01. The van der Waals surface area contributed by atoms with Crippen LogP contribution in [-0.4, -0.2) is 24.5 Å². The van der Waals surface area contributed by atoms with Crippen molar-refractivity contribution >= 4 is 21.8 Å². The summed E-state index contributed by atoms with van der Waals surface area (Å²) in [4.78, 5) is 20.0. The highest BCUT2D eigenvalue weighted by Gasteiger charge is 2.25. The molecule has 0 aliphatic carbocycles.